The van der Waals surface area contributed by atoms with Gasteiger partial charge in [-0.25, -0.2) is 5.01 Å². The first kappa shape index (κ1) is 21.1. The lowest BCUT2D eigenvalue weighted by Crippen LogP contribution is -2.44. The van der Waals surface area contributed by atoms with E-state index in [1.54, 1.807) is 12.4 Å². The van der Waals surface area contributed by atoms with E-state index in [1.165, 1.54) is 38.5 Å². The maximum absolute atomic E-state index is 12.4. The quantitative estimate of drug-likeness (QED) is 0.325. The van der Waals surface area contributed by atoms with Crippen molar-refractivity contribution in [2.45, 2.75) is 77.2 Å². The van der Waals surface area contributed by atoms with Crippen molar-refractivity contribution in [3.8, 4) is 0 Å². The molecule has 0 atom stereocenters. The summed E-state index contributed by atoms with van der Waals surface area (Å²) in [6.45, 7) is 3.22. The number of hydrazine groups is 1. The molecule has 6 heteroatoms. The van der Waals surface area contributed by atoms with Crippen molar-refractivity contribution >= 4 is 23.4 Å². The van der Waals surface area contributed by atoms with Crippen LogP contribution in [0.4, 0.5) is 5.69 Å². The summed E-state index contributed by atoms with van der Waals surface area (Å²) in [6.07, 6.45) is 14.9. The van der Waals surface area contributed by atoms with Crippen LogP contribution in [-0.4, -0.2) is 28.5 Å². The van der Waals surface area contributed by atoms with Crippen molar-refractivity contribution in [3.05, 3.63) is 24.5 Å². The van der Waals surface area contributed by atoms with Gasteiger partial charge in [0.1, 0.15) is 0 Å². The molecule has 1 amide bonds. The van der Waals surface area contributed by atoms with Gasteiger partial charge in [0, 0.05) is 36.6 Å². The second-order valence-electron chi connectivity index (χ2n) is 7.28. The molecule has 1 heterocycles. The standard InChI is InChI=1S/C20H33ClN4O/c1-2-3-4-5-6-7-16-25(24-21)19-10-8-17(9-11-19)20(26)23-18-12-14-22-15-13-18/h12-15,17,19,24H,2-11,16H2,1H3,(H,22,23,26). The molecule has 1 aromatic rings. The topological polar surface area (TPSA) is 57.3 Å². The average Bonchev–Trinajstić information content (AvgIpc) is 2.68. The largest absolute Gasteiger partial charge is 0.326 e. The van der Waals surface area contributed by atoms with Gasteiger partial charge in [-0.05, 0) is 56.0 Å². The number of carbonyl (C=O) groups excluding carboxylic acids is 1. The van der Waals surface area contributed by atoms with Crippen molar-refractivity contribution in [1.82, 2.24) is 14.9 Å². The Hall–Kier alpha value is -1.17. The minimum atomic E-state index is 0.0886. The monoisotopic (exact) mass is 380 g/mol. The normalized spacial score (nSPS) is 20.3. The lowest BCUT2D eigenvalue weighted by molar-refractivity contribution is -0.121. The van der Waals surface area contributed by atoms with Gasteiger partial charge in [0.05, 0.1) is 0 Å². The smallest absolute Gasteiger partial charge is 0.227 e. The fraction of sp³-hybridized carbons (Fsp3) is 0.700. The Morgan fingerprint density at radius 3 is 2.42 bits per heavy atom. The maximum atomic E-state index is 12.4. The molecule has 1 aliphatic carbocycles. The highest BCUT2D eigenvalue weighted by Gasteiger charge is 2.29. The molecule has 0 aromatic carbocycles. The molecule has 1 saturated carbocycles. The first-order valence-corrected chi connectivity index (χ1v) is 10.5. The van der Waals surface area contributed by atoms with Crippen LogP contribution in [0.25, 0.3) is 0 Å². The van der Waals surface area contributed by atoms with E-state index < -0.39 is 0 Å². The van der Waals surface area contributed by atoms with Crippen LogP contribution in [0.5, 0.6) is 0 Å². The number of anilines is 1. The van der Waals surface area contributed by atoms with E-state index in [0.29, 0.717) is 6.04 Å². The summed E-state index contributed by atoms with van der Waals surface area (Å²) >= 11 is 5.96. The van der Waals surface area contributed by atoms with E-state index in [9.17, 15) is 4.79 Å². The van der Waals surface area contributed by atoms with E-state index in [-0.39, 0.29) is 11.8 Å². The number of aromatic nitrogens is 1. The van der Waals surface area contributed by atoms with Crippen molar-refractivity contribution in [3.63, 3.8) is 0 Å². The zero-order valence-corrected chi connectivity index (χ0v) is 16.7. The number of hydrogen-bond acceptors (Lipinski definition) is 4. The molecule has 26 heavy (non-hydrogen) atoms. The highest BCUT2D eigenvalue weighted by atomic mass is 35.5. The van der Waals surface area contributed by atoms with Gasteiger partial charge in [0.15, 0.2) is 0 Å². The van der Waals surface area contributed by atoms with Crippen LogP contribution in [-0.2, 0) is 4.79 Å². The lowest BCUT2D eigenvalue weighted by Gasteiger charge is -2.35. The summed E-state index contributed by atoms with van der Waals surface area (Å²) in [6, 6.07) is 4.07. The molecule has 0 bridgehead atoms. The zero-order chi connectivity index (χ0) is 18.6. The molecule has 0 unspecified atom stereocenters. The SMILES string of the molecule is CCCCCCCCN(NCl)C1CCC(C(=O)Nc2ccncc2)CC1. The Morgan fingerprint density at radius 2 is 1.77 bits per heavy atom. The summed E-state index contributed by atoms with van der Waals surface area (Å²) in [4.78, 5) is 19.3. The van der Waals surface area contributed by atoms with Crippen LogP contribution in [0.1, 0.15) is 71.1 Å². The van der Waals surface area contributed by atoms with E-state index in [0.717, 1.165) is 37.9 Å². The first-order valence-electron chi connectivity index (χ1n) is 10.1. The summed E-state index contributed by atoms with van der Waals surface area (Å²) in [5.74, 6) is 0.210. The van der Waals surface area contributed by atoms with Crippen LogP contribution in [0.15, 0.2) is 24.5 Å². The number of hydrogen-bond donors (Lipinski definition) is 2. The number of carbonyl (C=O) groups is 1. The van der Waals surface area contributed by atoms with Crippen molar-refractivity contribution < 1.29 is 4.79 Å². The third-order valence-corrected chi connectivity index (χ3v) is 5.53. The van der Waals surface area contributed by atoms with Crippen LogP contribution < -0.4 is 10.3 Å². The van der Waals surface area contributed by atoms with Gasteiger partial charge in [-0.15, -0.1) is 0 Å². The van der Waals surface area contributed by atoms with E-state index in [4.69, 9.17) is 11.8 Å². The Labute approximate surface area is 163 Å². The molecule has 1 fully saturated rings. The summed E-state index contributed by atoms with van der Waals surface area (Å²) in [5, 5.41) is 5.16. The minimum Gasteiger partial charge on any atom is -0.326 e. The Morgan fingerprint density at radius 1 is 1.12 bits per heavy atom. The zero-order valence-electron chi connectivity index (χ0n) is 15.9. The maximum Gasteiger partial charge on any atom is 0.227 e. The highest BCUT2D eigenvalue weighted by Crippen LogP contribution is 2.28. The molecule has 2 N–H and O–H groups in total. The lowest BCUT2D eigenvalue weighted by atomic mass is 9.85. The number of rotatable bonds is 11. The van der Waals surface area contributed by atoms with Gasteiger partial charge in [-0.2, -0.15) is 4.94 Å². The van der Waals surface area contributed by atoms with E-state index in [2.05, 4.69) is 27.2 Å². The predicted octanol–water partition coefficient (Wildman–Crippen LogP) is 4.90. The molecule has 1 aromatic heterocycles. The minimum absolute atomic E-state index is 0.0886. The fourth-order valence-corrected chi connectivity index (χ4v) is 3.91. The number of unbranched alkanes of at least 4 members (excludes halogenated alkanes) is 5. The molecule has 2 rings (SSSR count). The summed E-state index contributed by atoms with van der Waals surface area (Å²) < 4.78 is 0. The third-order valence-electron chi connectivity index (χ3n) is 5.32. The van der Waals surface area contributed by atoms with Gasteiger partial charge in [-0.1, -0.05) is 39.0 Å². The van der Waals surface area contributed by atoms with E-state index in [1.807, 2.05) is 12.1 Å². The number of halogens is 1. The predicted molar refractivity (Wildman–Crippen MR) is 108 cm³/mol. The number of nitrogens with zero attached hydrogens (tertiary/aromatic N) is 2. The molecule has 1 aliphatic rings. The van der Waals surface area contributed by atoms with Gasteiger partial charge in [0.2, 0.25) is 5.91 Å². The molecule has 0 spiro atoms. The Kier molecular flexibility index (Phi) is 9.96. The summed E-state index contributed by atoms with van der Waals surface area (Å²) in [5.41, 5.74) is 0.819. The number of amides is 1. The highest BCUT2D eigenvalue weighted by molar-refractivity contribution is 6.13. The molecule has 5 nitrogen and oxygen atoms in total. The molecular weight excluding hydrogens is 348 g/mol. The summed E-state index contributed by atoms with van der Waals surface area (Å²) in [7, 11) is 0. The number of nitrogens with one attached hydrogen (secondary N) is 2. The van der Waals surface area contributed by atoms with Crippen molar-refractivity contribution in [1.29, 1.82) is 0 Å². The van der Waals surface area contributed by atoms with Crippen LogP contribution >= 0.6 is 11.8 Å². The van der Waals surface area contributed by atoms with Crippen LogP contribution in [0.2, 0.25) is 0 Å². The average molecular weight is 381 g/mol. The molecule has 0 aliphatic heterocycles. The fourth-order valence-electron chi connectivity index (χ4n) is 3.69. The van der Waals surface area contributed by atoms with Gasteiger partial charge < -0.3 is 5.32 Å². The van der Waals surface area contributed by atoms with Crippen molar-refractivity contribution in [2.75, 3.05) is 11.9 Å². The van der Waals surface area contributed by atoms with E-state index >= 15 is 0 Å². The molecule has 0 radical (unpaired) electrons. The van der Waals surface area contributed by atoms with Crippen molar-refractivity contribution in [2.24, 2.45) is 5.92 Å². The second kappa shape index (κ2) is 12.3. The van der Waals surface area contributed by atoms with Crippen LogP contribution in [0.3, 0.4) is 0 Å². The third kappa shape index (κ3) is 7.22. The molecular formula is C20H33ClN4O. The first-order chi connectivity index (χ1) is 12.7. The van der Waals surface area contributed by atoms with Crippen LogP contribution in [0, 0.1) is 5.92 Å². The number of pyridine rings is 1. The van der Waals surface area contributed by atoms with Gasteiger partial charge in [0.25, 0.3) is 0 Å². The van der Waals surface area contributed by atoms with Gasteiger partial charge in [-0.3, -0.25) is 9.78 Å². The Balaban J connectivity index is 1.67. The molecule has 146 valence electrons. The molecule has 0 saturated heterocycles. The van der Waals surface area contributed by atoms with Gasteiger partial charge >= 0.3 is 0 Å². The Bertz CT molecular complexity index is 506. The second-order valence-corrected chi connectivity index (χ2v) is 7.45.